The molecule has 0 radical (unpaired) electrons. The van der Waals surface area contributed by atoms with Crippen molar-refractivity contribution in [2.24, 2.45) is 5.92 Å². The Hall–Kier alpha value is 0.0700. The van der Waals surface area contributed by atoms with Crippen molar-refractivity contribution in [3.8, 4) is 0 Å². The molecule has 2 rings (SSSR count). The zero-order valence-corrected chi connectivity index (χ0v) is 11.7. The summed E-state index contributed by atoms with van der Waals surface area (Å²) in [6.07, 6.45) is 5.92. The quantitative estimate of drug-likeness (QED) is 0.782. The largest absolute Gasteiger partial charge is 0.351 e. The van der Waals surface area contributed by atoms with E-state index in [1.165, 1.54) is 19.3 Å². The maximum atomic E-state index is 12.4. The van der Waals surface area contributed by atoms with Crippen LogP contribution in [0.15, 0.2) is 0 Å². The Morgan fingerprint density at radius 2 is 1.59 bits per heavy atom. The van der Waals surface area contributed by atoms with Gasteiger partial charge in [-0.25, -0.2) is 0 Å². The maximum Gasteiger partial charge on any atom is 0.159 e. The van der Waals surface area contributed by atoms with Gasteiger partial charge in [0.2, 0.25) is 0 Å². The lowest BCUT2D eigenvalue weighted by atomic mass is 10.0. The van der Waals surface area contributed by atoms with E-state index in [2.05, 4.69) is 13.8 Å². The highest BCUT2D eigenvalue weighted by atomic mass is 32.2. The zero-order chi connectivity index (χ0) is 12.3. The molecule has 1 aliphatic heterocycles. The first kappa shape index (κ1) is 13.5. The van der Waals surface area contributed by atoms with E-state index in [4.69, 9.17) is 9.47 Å². The van der Waals surface area contributed by atoms with Crippen LogP contribution in [-0.4, -0.2) is 34.2 Å². The predicted octanol–water partition coefficient (Wildman–Crippen LogP) is 2.47. The summed E-state index contributed by atoms with van der Waals surface area (Å²) >= 11 is 0. The topological polar surface area (TPSA) is 35.5 Å². The van der Waals surface area contributed by atoms with Crippen molar-refractivity contribution in [1.82, 2.24) is 0 Å². The van der Waals surface area contributed by atoms with Gasteiger partial charge in [0.25, 0.3) is 0 Å². The predicted molar refractivity (Wildman–Crippen MR) is 69.3 cm³/mol. The fraction of sp³-hybridized carbons (Fsp3) is 1.00. The van der Waals surface area contributed by atoms with Crippen molar-refractivity contribution >= 4 is 10.8 Å². The Morgan fingerprint density at radius 1 is 1.00 bits per heavy atom. The van der Waals surface area contributed by atoms with Gasteiger partial charge >= 0.3 is 0 Å². The molecular weight excluding hydrogens is 236 g/mol. The van der Waals surface area contributed by atoms with E-state index in [-0.39, 0.29) is 11.5 Å². The summed E-state index contributed by atoms with van der Waals surface area (Å²) in [6.45, 7) is 5.38. The van der Waals surface area contributed by atoms with Crippen molar-refractivity contribution in [1.29, 1.82) is 0 Å². The minimum atomic E-state index is -0.771. The Kier molecular flexibility index (Phi) is 5.00. The van der Waals surface area contributed by atoms with Crippen molar-refractivity contribution in [2.45, 2.75) is 62.7 Å². The monoisotopic (exact) mass is 260 g/mol. The molecule has 0 spiro atoms. The molecule has 1 atom stereocenters. The lowest BCUT2D eigenvalue weighted by Gasteiger charge is -2.33. The highest BCUT2D eigenvalue weighted by Crippen LogP contribution is 2.26. The minimum Gasteiger partial charge on any atom is -0.351 e. The van der Waals surface area contributed by atoms with Crippen LogP contribution in [0.3, 0.4) is 0 Å². The number of ether oxygens (including phenoxy) is 2. The van der Waals surface area contributed by atoms with Crippen LogP contribution in [0.5, 0.6) is 0 Å². The third kappa shape index (κ3) is 3.52. The van der Waals surface area contributed by atoms with Gasteiger partial charge in [-0.2, -0.15) is 0 Å². The lowest BCUT2D eigenvalue weighted by molar-refractivity contribution is -0.196. The van der Waals surface area contributed by atoms with Crippen LogP contribution >= 0.6 is 0 Å². The summed E-state index contributed by atoms with van der Waals surface area (Å²) in [4.78, 5) is 0. The first-order valence-corrected chi connectivity index (χ1v) is 8.08. The SMILES string of the molecule is CC(C)C1OCC(S(=O)C2CCCCC2)CO1. The Bertz CT molecular complexity index is 253. The Morgan fingerprint density at radius 3 is 2.12 bits per heavy atom. The van der Waals surface area contributed by atoms with Gasteiger partial charge in [-0.1, -0.05) is 33.1 Å². The van der Waals surface area contributed by atoms with Gasteiger partial charge in [-0.3, -0.25) is 4.21 Å². The fourth-order valence-corrected chi connectivity index (χ4v) is 4.36. The van der Waals surface area contributed by atoms with Gasteiger partial charge in [0.15, 0.2) is 6.29 Å². The molecule has 0 aromatic heterocycles. The van der Waals surface area contributed by atoms with E-state index in [1.54, 1.807) is 0 Å². The molecular formula is C13H24O3S. The highest BCUT2D eigenvalue weighted by molar-refractivity contribution is 7.86. The summed E-state index contributed by atoms with van der Waals surface area (Å²) in [5, 5.41) is 0.477. The first-order chi connectivity index (χ1) is 8.18. The van der Waals surface area contributed by atoms with Gasteiger partial charge in [0, 0.05) is 22.0 Å². The summed E-state index contributed by atoms with van der Waals surface area (Å²) in [5.74, 6) is 0.374. The molecule has 17 heavy (non-hydrogen) atoms. The van der Waals surface area contributed by atoms with Crippen LogP contribution in [0.1, 0.15) is 46.0 Å². The summed E-state index contributed by atoms with van der Waals surface area (Å²) < 4.78 is 23.7. The van der Waals surface area contributed by atoms with Gasteiger partial charge in [-0.05, 0) is 12.8 Å². The molecule has 2 fully saturated rings. The third-order valence-electron chi connectivity index (χ3n) is 3.65. The second-order valence-electron chi connectivity index (χ2n) is 5.49. The highest BCUT2D eigenvalue weighted by Gasteiger charge is 2.32. The van der Waals surface area contributed by atoms with E-state index < -0.39 is 10.8 Å². The smallest absolute Gasteiger partial charge is 0.159 e. The van der Waals surface area contributed by atoms with Crippen LogP contribution in [-0.2, 0) is 20.3 Å². The number of rotatable bonds is 3. The van der Waals surface area contributed by atoms with Crippen LogP contribution in [0.4, 0.5) is 0 Å². The lowest BCUT2D eigenvalue weighted by Crippen LogP contribution is -2.43. The van der Waals surface area contributed by atoms with Crippen LogP contribution in [0.2, 0.25) is 0 Å². The molecule has 0 N–H and O–H groups in total. The summed E-state index contributed by atoms with van der Waals surface area (Å²) in [7, 11) is -0.771. The van der Waals surface area contributed by atoms with Gasteiger partial charge < -0.3 is 9.47 Å². The standard InChI is InChI=1S/C13H24O3S/c1-10(2)13-15-8-12(9-16-13)17(14)11-6-4-3-5-7-11/h10-13H,3-9H2,1-2H3. The van der Waals surface area contributed by atoms with Crippen molar-refractivity contribution < 1.29 is 13.7 Å². The maximum absolute atomic E-state index is 12.4. The van der Waals surface area contributed by atoms with Crippen LogP contribution in [0.25, 0.3) is 0 Å². The van der Waals surface area contributed by atoms with Crippen LogP contribution in [0, 0.1) is 5.92 Å². The van der Waals surface area contributed by atoms with Gasteiger partial charge in [0.1, 0.15) is 0 Å². The van der Waals surface area contributed by atoms with Crippen molar-refractivity contribution in [3.05, 3.63) is 0 Å². The molecule has 0 aromatic carbocycles. The van der Waals surface area contributed by atoms with Crippen LogP contribution < -0.4 is 0 Å². The molecule has 0 amide bonds. The van der Waals surface area contributed by atoms with E-state index in [0.29, 0.717) is 24.4 Å². The van der Waals surface area contributed by atoms with E-state index in [1.807, 2.05) is 0 Å². The molecule has 1 heterocycles. The molecule has 1 saturated heterocycles. The van der Waals surface area contributed by atoms with Crippen molar-refractivity contribution in [2.75, 3.05) is 13.2 Å². The fourth-order valence-electron chi connectivity index (χ4n) is 2.59. The molecule has 3 nitrogen and oxygen atoms in total. The van der Waals surface area contributed by atoms with Gasteiger partial charge in [-0.15, -0.1) is 0 Å². The molecule has 0 bridgehead atoms. The average molecular weight is 260 g/mol. The minimum absolute atomic E-state index is 0.0908. The first-order valence-electron chi connectivity index (χ1n) is 6.81. The third-order valence-corrected chi connectivity index (χ3v) is 5.70. The van der Waals surface area contributed by atoms with E-state index in [9.17, 15) is 4.21 Å². The molecule has 1 saturated carbocycles. The number of hydrogen-bond donors (Lipinski definition) is 0. The van der Waals surface area contributed by atoms with E-state index >= 15 is 0 Å². The average Bonchev–Trinajstić information content (AvgIpc) is 2.39. The normalized spacial score (nSPS) is 33.8. The van der Waals surface area contributed by atoms with E-state index in [0.717, 1.165) is 12.8 Å². The Labute approximate surface area is 107 Å². The molecule has 2 aliphatic rings. The molecule has 4 heteroatoms. The molecule has 100 valence electrons. The van der Waals surface area contributed by atoms with Crippen molar-refractivity contribution in [3.63, 3.8) is 0 Å². The molecule has 0 aromatic rings. The number of hydrogen-bond acceptors (Lipinski definition) is 3. The Balaban J connectivity index is 1.81. The summed E-state index contributed by atoms with van der Waals surface area (Å²) in [6, 6.07) is 0. The second-order valence-corrected chi connectivity index (χ2v) is 7.48. The summed E-state index contributed by atoms with van der Waals surface area (Å²) in [5.41, 5.74) is 0. The molecule has 1 aliphatic carbocycles. The second kappa shape index (κ2) is 6.30. The molecule has 1 unspecified atom stereocenters. The van der Waals surface area contributed by atoms with Gasteiger partial charge in [0.05, 0.1) is 18.5 Å². The zero-order valence-electron chi connectivity index (χ0n) is 10.9.